The van der Waals surface area contributed by atoms with Crippen molar-refractivity contribution < 1.29 is 24.8 Å². The molecule has 10 heteroatoms. The van der Waals surface area contributed by atoms with Crippen molar-refractivity contribution in [3.63, 3.8) is 0 Å². The van der Waals surface area contributed by atoms with Gasteiger partial charge in [0.05, 0.1) is 20.6 Å². The van der Waals surface area contributed by atoms with Gasteiger partial charge in [-0.3, -0.25) is 19.3 Å². The molecule has 7 nitrogen and oxygen atoms in total. The molecule has 0 radical (unpaired) electrons. The Bertz CT molecular complexity index is 1580. The molecule has 4 aliphatic rings. The fraction of sp³-hybridized carbons (Fsp3) is 0.333. The second-order valence-electron chi connectivity index (χ2n) is 10.0. The number of pyridine rings is 1. The van der Waals surface area contributed by atoms with Gasteiger partial charge in [0.1, 0.15) is 6.17 Å². The highest BCUT2D eigenvalue weighted by molar-refractivity contribution is 7.98. The molecule has 1 N–H and O–H groups in total. The molecule has 4 aliphatic heterocycles. The van der Waals surface area contributed by atoms with Gasteiger partial charge in [0.15, 0.2) is 23.1 Å². The van der Waals surface area contributed by atoms with Gasteiger partial charge < -0.3 is 14.7 Å². The summed E-state index contributed by atoms with van der Waals surface area (Å²) in [4.78, 5) is 28.4. The van der Waals surface area contributed by atoms with E-state index in [1.54, 1.807) is 22.0 Å². The summed E-state index contributed by atoms with van der Waals surface area (Å²) in [5, 5.41) is 12.4. The van der Waals surface area contributed by atoms with E-state index in [4.69, 9.17) is 4.74 Å². The largest absolute Gasteiger partial charge is 0.502 e. The Morgan fingerprint density at radius 2 is 1.92 bits per heavy atom. The van der Waals surface area contributed by atoms with E-state index >= 15 is 4.39 Å². The van der Waals surface area contributed by atoms with E-state index in [0.717, 1.165) is 12.1 Å². The van der Waals surface area contributed by atoms with E-state index in [1.807, 2.05) is 12.1 Å². The average molecular weight is 525 g/mol. The topological polar surface area (TPSA) is 75.0 Å². The molecule has 37 heavy (non-hydrogen) atoms. The van der Waals surface area contributed by atoms with Gasteiger partial charge in [-0.2, -0.15) is 0 Å². The number of fused-ring (bicyclic) bond motifs is 4. The summed E-state index contributed by atoms with van der Waals surface area (Å²) in [6, 6.07) is 8.96. The van der Waals surface area contributed by atoms with Gasteiger partial charge in [-0.15, -0.1) is 11.8 Å². The van der Waals surface area contributed by atoms with Crippen LogP contribution in [-0.4, -0.2) is 46.5 Å². The zero-order valence-electron chi connectivity index (χ0n) is 20.6. The van der Waals surface area contributed by atoms with Crippen LogP contribution in [0.1, 0.15) is 47.4 Å². The van der Waals surface area contributed by atoms with E-state index in [-0.39, 0.29) is 28.0 Å². The maximum Gasteiger partial charge on any atom is 0.278 e. The van der Waals surface area contributed by atoms with Crippen molar-refractivity contribution in [3.05, 3.63) is 92.9 Å². The number of carbonyl (C=O) groups is 1. The Labute approximate surface area is 216 Å². The molecule has 2 aromatic carbocycles. The van der Waals surface area contributed by atoms with Crippen molar-refractivity contribution in [2.75, 3.05) is 24.8 Å². The standard InChI is InChI=1S/C27H23F2N3O4S/c28-18-6-5-15-17(22(18)29)12-37-20-4-2-1-3-16(20)23(15)32-21-11-27(13-36-14-27)8-10-30(21)26(35)24-25(34)19(33)7-9-31(24)32/h1-7,9,21,23,34H,8,10-14H2/t21-,23-/m1/s1/i23D. The quantitative estimate of drug-likeness (QED) is 0.523. The monoisotopic (exact) mass is 524 g/mol. The molecule has 5 heterocycles. The van der Waals surface area contributed by atoms with Gasteiger partial charge in [-0.1, -0.05) is 24.3 Å². The summed E-state index contributed by atoms with van der Waals surface area (Å²) in [7, 11) is 0. The van der Waals surface area contributed by atoms with Crippen molar-refractivity contribution in [2.45, 2.75) is 35.7 Å². The number of nitrogens with zero attached hydrogens (tertiary/aromatic N) is 3. The molecule has 1 aromatic heterocycles. The number of amides is 1. The minimum absolute atomic E-state index is 0.0639. The first-order valence-corrected chi connectivity index (χ1v) is 13.1. The Balaban J connectivity index is 1.56. The van der Waals surface area contributed by atoms with Crippen molar-refractivity contribution in [1.29, 1.82) is 0 Å². The zero-order valence-corrected chi connectivity index (χ0v) is 20.4. The highest BCUT2D eigenvalue weighted by Crippen LogP contribution is 2.49. The average Bonchev–Trinajstić information content (AvgIpc) is 3.02. The van der Waals surface area contributed by atoms with Crippen LogP contribution in [0.3, 0.4) is 0 Å². The van der Waals surface area contributed by atoms with Crippen molar-refractivity contribution in [3.8, 4) is 5.75 Å². The number of ether oxygens (including phenoxy) is 1. The first-order chi connectivity index (χ1) is 18.2. The van der Waals surface area contributed by atoms with Crippen LogP contribution >= 0.6 is 11.8 Å². The van der Waals surface area contributed by atoms with Gasteiger partial charge in [-0.05, 0) is 36.1 Å². The second-order valence-corrected chi connectivity index (χ2v) is 11.0. The number of aromatic hydroxyl groups is 1. The van der Waals surface area contributed by atoms with Crippen LogP contribution in [0.5, 0.6) is 5.75 Å². The molecule has 2 fully saturated rings. The molecule has 0 aliphatic carbocycles. The first-order valence-electron chi connectivity index (χ1n) is 12.6. The molecule has 2 saturated heterocycles. The summed E-state index contributed by atoms with van der Waals surface area (Å²) < 4.78 is 46.9. The Morgan fingerprint density at radius 3 is 2.70 bits per heavy atom. The van der Waals surface area contributed by atoms with Crippen molar-refractivity contribution >= 4 is 17.7 Å². The second kappa shape index (κ2) is 8.06. The van der Waals surface area contributed by atoms with Crippen LogP contribution in [0.2, 0.25) is 0 Å². The molecular weight excluding hydrogens is 500 g/mol. The third-order valence-electron chi connectivity index (χ3n) is 7.90. The molecule has 0 unspecified atom stereocenters. The number of hydrogen-bond donors (Lipinski definition) is 1. The van der Waals surface area contributed by atoms with Gasteiger partial charge in [0.25, 0.3) is 5.91 Å². The number of halogens is 2. The number of aromatic nitrogens is 1. The van der Waals surface area contributed by atoms with E-state index in [1.165, 1.54) is 28.7 Å². The highest BCUT2D eigenvalue weighted by atomic mass is 32.2. The normalized spacial score (nSPS) is 25.8. The zero-order chi connectivity index (χ0) is 26.4. The fourth-order valence-electron chi connectivity index (χ4n) is 5.93. The minimum atomic E-state index is -1.85. The summed E-state index contributed by atoms with van der Waals surface area (Å²) in [5.41, 5.74) is -0.332. The van der Waals surface area contributed by atoms with Crippen LogP contribution in [0, 0.1) is 17.0 Å². The third-order valence-corrected chi connectivity index (χ3v) is 9.00. The summed E-state index contributed by atoms with van der Waals surface area (Å²) in [6.45, 7) is 1.38. The Kier molecular flexibility index (Phi) is 4.73. The number of carbonyl (C=O) groups excluding carboxylic acids is 1. The molecule has 7 rings (SSSR count). The van der Waals surface area contributed by atoms with Crippen LogP contribution in [-0.2, 0) is 10.5 Å². The fourth-order valence-corrected chi connectivity index (χ4v) is 7.01. The third kappa shape index (κ3) is 3.21. The molecule has 190 valence electrons. The highest BCUT2D eigenvalue weighted by Gasteiger charge is 2.53. The number of hydrogen-bond acceptors (Lipinski definition) is 6. The Morgan fingerprint density at radius 1 is 1.11 bits per heavy atom. The van der Waals surface area contributed by atoms with Gasteiger partial charge in [0, 0.05) is 40.4 Å². The lowest BCUT2D eigenvalue weighted by Crippen LogP contribution is -2.68. The maximum atomic E-state index is 15.3. The van der Waals surface area contributed by atoms with Crippen LogP contribution < -0.4 is 10.4 Å². The Hall–Kier alpha value is -3.37. The van der Waals surface area contributed by atoms with Gasteiger partial charge in [0.2, 0.25) is 5.43 Å². The molecule has 0 bridgehead atoms. The van der Waals surface area contributed by atoms with Crippen LogP contribution in [0.25, 0.3) is 0 Å². The number of thioether (sulfide) groups is 1. The predicted octanol–water partition coefficient (Wildman–Crippen LogP) is 3.76. The van der Waals surface area contributed by atoms with Crippen LogP contribution in [0.4, 0.5) is 8.78 Å². The maximum absolute atomic E-state index is 15.3. The first kappa shape index (κ1) is 21.7. The summed E-state index contributed by atoms with van der Waals surface area (Å²) in [6.07, 6.45) is 1.85. The molecule has 0 saturated carbocycles. The predicted molar refractivity (Wildman–Crippen MR) is 132 cm³/mol. The van der Waals surface area contributed by atoms with Crippen LogP contribution in [0.15, 0.2) is 58.4 Å². The van der Waals surface area contributed by atoms with E-state index in [2.05, 4.69) is 0 Å². The van der Waals surface area contributed by atoms with Crippen molar-refractivity contribution in [1.82, 2.24) is 9.58 Å². The van der Waals surface area contributed by atoms with Gasteiger partial charge >= 0.3 is 0 Å². The van der Waals surface area contributed by atoms with E-state index < -0.39 is 40.9 Å². The van der Waals surface area contributed by atoms with E-state index in [0.29, 0.717) is 43.1 Å². The lowest BCUT2D eigenvalue weighted by molar-refractivity contribution is -0.150. The summed E-state index contributed by atoms with van der Waals surface area (Å²) in [5.74, 6) is -3.13. The van der Waals surface area contributed by atoms with Crippen molar-refractivity contribution in [2.24, 2.45) is 5.41 Å². The number of piperidine rings is 1. The molecule has 1 spiro atoms. The molecular formula is C27H23F2N3O4S. The lowest BCUT2D eigenvalue weighted by Gasteiger charge is -2.57. The number of benzene rings is 2. The minimum Gasteiger partial charge on any atom is -0.502 e. The molecule has 2 atom stereocenters. The van der Waals surface area contributed by atoms with E-state index in [9.17, 15) is 20.5 Å². The molecule has 3 aromatic rings. The number of rotatable bonds is 1. The SMILES string of the molecule is [2H][C@]1(N2[C@@H]3CC4(CCN3C(=O)c3c(O)c(=O)ccn32)COC4)c2ccccc2SCc2c1ccc(F)c2F. The van der Waals surface area contributed by atoms with Gasteiger partial charge in [-0.25, -0.2) is 8.78 Å². The summed E-state index contributed by atoms with van der Waals surface area (Å²) >= 11 is 1.31. The lowest BCUT2D eigenvalue weighted by atomic mass is 9.74. The molecule has 1 amide bonds. The smallest absolute Gasteiger partial charge is 0.278 e.